The molecule has 0 unspecified atom stereocenters. The Labute approximate surface area is 72.0 Å². The highest BCUT2D eigenvalue weighted by Crippen LogP contribution is 1.90. The molecule has 0 N–H and O–H groups in total. The quantitative estimate of drug-likeness (QED) is 0.553. The van der Waals surface area contributed by atoms with Crippen LogP contribution in [0.3, 0.4) is 0 Å². The Morgan fingerprint density at radius 2 is 2.25 bits per heavy atom. The van der Waals surface area contributed by atoms with Crippen molar-refractivity contribution in [2.45, 2.75) is 13.8 Å². The first-order chi connectivity index (χ1) is 5.66. The molecule has 0 aliphatic carbocycles. The van der Waals surface area contributed by atoms with Gasteiger partial charge in [-0.1, -0.05) is 6.58 Å². The van der Waals surface area contributed by atoms with Crippen LogP contribution < -0.4 is 10.6 Å². The molecule has 2 nitrogen and oxygen atoms in total. The van der Waals surface area contributed by atoms with E-state index in [-0.39, 0.29) is 0 Å². The minimum atomic E-state index is 0.764. The molecular formula is C10H12N2. The molecule has 1 rings (SSSR count). The summed E-state index contributed by atoms with van der Waals surface area (Å²) >= 11 is 0. The van der Waals surface area contributed by atoms with Gasteiger partial charge in [-0.3, -0.25) is 9.98 Å². The van der Waals surface area contributed by atoms with Crippen LogP contribution in [0.1, 0.15) is 12.5 Å². The lowest BCUT2D eigenvalue weighted by molar-refractivity contribution is 1.17. The zero-order chi connectivity index (χ0) is 9.14. The number of hydrogen-bond donors (Lipinski definition) is 0. The molecule has 2 heteroatoms. The van der Waals surface area contributed by atoms with Crippen molar-refractivity contribution in [3.63, 3.8) is 0 Å². The number of rotatable bonds is 1. The molecule has 0 amide bonds. The third-order valence-electron chi connectivity index (χ3n) is 1.84. The summed E-state index contributed by atoms with van der Waals surface area (Å²) < 4.78 is 0. The largest absolute Gasteiger partial charge is 0.269 e. The predicted molar refractivity (Wildman–Crippen MR) is 52.4 cm³/mol. The topological polar surface area (TPSA) is 25.2 Å². The maximum atomic E-state index is 4.09. The molecule has 0 saturated carbocycles. The van der Waals surface area contributed by atoms with Crippen LogP contribution >= 0.6 is 0 Å². The summed E-state index contributed by atoms with van der Waals surface area (Å²) in [5.41, 5.74) is 2.02. The first kappa shape index (κ1) is 8.65. The molecule has 0 saturated heterocycles. The third kappa shape index (κ3) is 1.42. The molecule has 12 heavy (non-hydrogen) atoms. The van der Waals surface area contributed by atoms with Crippen molar-refractivity contribution in [2.24, 2.45) is 4.99 Å². The molecule has 0 atom stereocenters. The monoisotopic (exact) mass is 160 g/mol. The number of aromatic nitrogens is 1. The number of aliphatic imine (C=N–C) groups is 1. The highest BCUT2D eigenvalue weighted by atomic mass is 14.7. The van der Waals surface area contributed by atoms with Gasteiger partial charge in [0.05, 0.1) is 5.35 Å². The van der Waals surface area contributed by atoms with E-state index < -0.39 is 0 Å². The Morgan fingerprint density at radius 3 is 2.75 bits per heavy atom. The average Bonchev–Trinajstić information content (AvgIpc) is 2.03. The summed E-state index contributed by atoms with van der Waals surface area (Å²) in [7, 11) is 0. The van der Waals surface area contributed by atoms with Gasteiger partial charge < -0.3 is 0 Å². The van der Waals surface area contributed by atoms with Gasteiger partial charge in [0, 0.05) is 17.1 Å². The van der Waals surface area contributed by atoms with Crippen molar-refractivity contribution in [1.82, 2.24) is 4.98 Å². The fourth-order valence-corrected chi connectivity index (χ4v) is 1.19. The van der Waals surface area contributed by atoms with Crippen LogP contribution in [0.4, 0.5) is 0 Å². The van der Waals surface area contributed by atoms with E-state index in [1.807, 2.05) is 19.9 Å². The molecule has 0 fully saturated rings. The highest BCUT2D eigenvalue weighted by Gasteiger charge is 1.93. The summed E-state index contributed by atoms with van der Waals surface area (Å²) in [6.45, 7) is 11.2. The van der Waals surface area contributed by atoms with Crippen LogP contribution in [0, 0.1) is 6.92 Å². The van der Waals surface area contributed by atoms with Gasteiger partial charge in [0.1, 0.15) is 0 Å². The first-order valence-electron chi connectivity index (χ1n) is 3.75. The molecule has 0 bridgehead atoms. The minimum absolute atomic E-state index is 0.764. The van der Waals surface area contributed by atoms with Crippen LogP contribution in [0.5, 0.6) is 0 Å². The third-order valence-corrected chi connectivity index (χ3v) is 1.84. The molecular weight excluding hydrogens is 148 g/mol. The molecule has 62 valence electrons. The van der Waals surface area contributed by atoms with E-state index in [0.29, 0.717) is 0 Å². The average molecular weight is 160 g/mol. The van der Waals surface area contributed by atoms with E-state index in [1.165, 1.54) is 0 Å². The Kier molecular flexibility index (Phi) is 2.38. The van der Waals surface area contributed by atoms with Gasteiger partial charge >= 0.3 is 0 Å². The fraction of sp³-hybridized carbons (Fsp3) is 0.200. The molecule has 0 aliphatic heterocycles. The molecule has 1 aromatic heterocycles. The normalized spacial score (nSPS) is 12.5. The second-order valence-electron chi connectivity index (χ2n) is 2.69. The first-order valence-corrected chi connectivity index (χ1v) is 3.75. The van der Waals surface area contributed by atoms with Crippen molar-refractivity contribution < 1.29 is 0 Å². The van der Waals surface area contributed by atoms with Gasteiger partial charge in [-0.15, -0.1) is 0 Å². The smallest absolute Gasteiger partial charge is 0.0651 e. The van der Waals surface area contributed by atoms with Crippen molar-refractivity contribution in [1.29, 1.82) is 0 Å². The van der Waals surface area contributed by atoms with Gasteiger partial charge in [0.2, 0.25) is 0 Å². The maximum absolute atomic E-state index is 4.09. The number of aryl methyl sites for hydroxylation is 1. The maximum Gasteiger partial charge on any atom is 0.0651 e. The lowest BCUT2D eigenvalue weighted by Crippen LogP contribution is -2.30. The van der Waals surface area contributed by atoms with Crippen molar-refractivity contribution in [3.8, 4) is 0 Å². The Bertz CT molecular complexity index is 404. The number of hydrogen-bond acceptors (Lipinski definition) is 2. The Hall–Kier alpha value is -1.44. The van der Waals surface area contributed by atoms with Crippen LogP contribution in [0.2, 0.25) is 0 Å². The lowest BCUT2D eigenvalue weighted by atomic mass is 10.2. The SMILES string of the molecule is C=N/C(C)=c1\c(C)ccnc1=C. The van der Waals surface area contributed by atoms with E-state index >= 15 is 0 Å². The summed E-state index contributed by atoms with van der Waals surface area (Å²) in [5.74, 6) is 0. The van der Waals surface area contributed by atoms with E-state index in [2.05, 4.69) is 23.3 Å². The molecule has 0 aliphatic rings. The summed E-state index contributed by atoms with van der Waals surface area (Å²) in [4.78, 5) is 7.96. The molecule has 0 radical (unpaired) electrons. The van der Waals surface area contributed by atoms with Crippen molar-refractivity contribution in [3.05, 3.63) is 28.4 Å². The van der Waals surface area contributed by atoms with E-state index in [1.54, 1.807) is 6.20 Å². The van der Waals surface area contributed by atoms with E-state index in [9.17, 15) is 0 Å². The van der Waals surface area contributed by atoms with Gasteiger partial charge in [0.25, 0.3) is 0 Å². The summed E-state index contributed by atoms with van der Waals surface area (Å²) in [6, 6.07) is 1.94. The zero-order valence-electron chi connectivity index (χ0n) is 7.46. The van der Waals surface area contributed by atoms with Gasteiger partial charge in [-0.25, -0.2) is 0 Å². The van der Waals surface area contributed by atoms with Crippen LogP contribution in [-0.4, -0.2) is 11.7 Å². The number of pyridine rings is 1. The Morgan fingerprint density at radius 1 is 1.58 bits per heavy atom. The fourth-order valence-electron chi connectivity index (χ4n) is 1.19. The minimum Gasteiger partial charge on any atom is -0.269 e. The van der Waals surface area contributed by atoms with Crippen LogP contribution in [0.15, 0.2) is 17.3 Å². The zero-order valence-corrected chi connectivity index (χ0v) is 7.46. The van der Waals surface area contributed by atoms with Gasteiger partial charge in [0.15, 0.2) is 0 Å². The van der Waals surface area contributed by atoms with Crippen molar-refractivity contribution >= 4 is 19.0 Å². The Balaban J connectivity index is 3.74. The van der Waals surface area contributed by atoms with Crippen molar-refractivity contribution in [2.75, 3.05) is 0 Å². The molecule has 0 spiro atoms. The van der Waals surface area contributed by atoms with E-state index in [4.69, 9.17) is 0 Å². The molecule has 1 aromatic rings. The second-order valence-corrected chi connectivity index (χ2v) is 2.69. The lowest BCUT2D eigenvalue weighted by Gasteiger charge is -1.96. The summed E-state index contributed by atoms with van der Waals surface area (Å²) in [5, 5.41) is 1.77. The highest BCUT2D eigenvalue weighted by molar-refractivity contribution is 5.49. The van der Waals surface area contributed by atoms with E-state index in [0.717, 1.165) is 21.8 Å². The molecule has 1 heterocycles. The van der Waals surface area contributed by atoms with Gasteiger partial charge in [-0.05, 0) is 32.2 Å². The number of nitrogens with zero attached hydrogens (tertiary/aromatic N) is 2. The molecule has 0 aromatic carbocycles. The standard InChI is InChI=1S/C10H12N2/c1-7-5-6-12-9(3)10(7)8(2)11-4/h5-6H,3-4H2,1-2H3/b10-8+. The second kappa shape index (κ2) is 3.30. The van der Waals surface area contributed by atoms with Crippen LogP contribution in [-0.2, 0) is 0 Å². The predicted octanol–water partition coefficient (Wildman–Crippen LogP) is 0.629. The van der Waals surface area contributed by atoms with Gasteiger partial charge in [-0.2, -0.15) is 0 Å². The van der Waals surface area contributed by atoms with Crippen LogP contribution in [0.25, 0.3) is 12.3 Å². The summed E-state index contributed by atoms with van der Waals surface area (Å²) in [6.07, 6.45) is 1.75.